The minimum absolute atomic E-state index is 0.0715. The molecule has 0 unspecified atom stereocenters. The largest absolute Gasteiger partial charge is 0.352 e. The van der Waals surface area contributed by atoms with Gasteiger partial charge in [0.15, 0.2) is 9.84 Å². The maximum absolute atomic E-state index is 13.0. The van der Waals surface area contributed by atoms with Gasteiger partial charge in [0.05, 0.1) is 17.1 Å². The first-order valence-electron chi connectivity index (χ1n) is 12.0. The van der Waals surface area contributed by atoms with Crippen LogP contribution in [0.2, 0.25) is 5.02 Å². The van der Waals surface area contributed by atoms with E-state index in [9.17, 15) is 18.0 Å². The summed E-state index contributed by atoms with van der Waals surface area (Å²) in [6, 6.07) is 17.2. The molecule has 188 valence electrons. The Labute approximate surface area is 217 Å². The van der Waals surface area contributed by atoms with E-state index < -0.39 is 9.84 Å². The van der Waals surface area contributed by atoms with Crippen molar-refractivity contribution in [1.29, 1.82) is 0 Å². The van der Waals surface area contributed by atoms with Gasteiger partial charge in [-0.3, -0.25) is 9.59 Å². The highest BCUT2D eigenvalue weighted by Crippen LogP contribution is 2.38. The minimum Gasteiger partial charge on any atom is -0.352 e. The summed E-state index contributed by atoms with van der Waals surface area (Å²) < 4.78 is 25.0. The fourth-order valence-electron chi connectivity index (χ4n) is 4.21. The average Bonchev–Trinajstić information content (AvgIpc) is 3.64. The summed E-state index contributed by atoms with van der Waals surface area (Å²) in [5.74, 6) is -0.000802. The lowest BCUT2D eigenvalue weighted by molar-refractivity contribution is -0.115. The van der Waals surface area contributed by atoms with Gasteiger partial charge in [0, 0.05) is 33.9 Å². The minimum atomic E-state index is -3.30. The second-order valence-corrected chi connectivity index (χ2v) is 11.5. The van der Waals surface area contributed by atoms with Gasteiger partial charge in [-0.05, 0) is 74.1 Å². The number of sulfone groups is 1. The molecular formula is C28H29ClN2O4S. The Kier molecular flexibility index (Phi) is 7.81. The van der Waals surface area contributed by atoms with E-state index in [1.165, 1.54) is 0 Å². The molecule has 4 rings (SSSR count). The van der Waals surface area contributed by atoms with E-state index in [4.69, 9.17) is 11.6 Å². The summed E-state index contributed by atoms with van der Waals surface area (Å²) in [6.07, 6.45) is 2.01. The number of anilines is 1. The second-order valence-electron chi connectivity index (χ2n) is 9.09. The molecule has 0 atom stereocenters. The number of benzene rings is 3. The van der Waals surface area contributed by atoms with Crippen molar-refractivity contribution in [2.24, 2.45) is 5.92 Å². The smallest absolute Gasteiger partial charge is 0.251 e. The number of carbonyl (C=O) groups is 2. The van der Waals surface area contributed by atoms with Crippen molar-refractivity contribution in [1.82, 2.24) is 5.32 Å². The number of hydrogen-bond donors (Lipinski definition) is 2. The molecule has 1 saturated carbocycles. The zero-order valence-corrected chi connectivity index (χ0v) is 21.9. The van der Waals surface area contributed by atoms with Crippen molar-refractivity contribution in [3.8, 4) is 11.1 Å². The summed E-state index contributed by atoms with van der Waals surface area (Å²) in [5, 5.41) is 6.28. The van der Waals surface area contributed by atoms with Crippen molar-refractivity contribution in [2.75, 3.05) is 17.6 Å². The SMILES string of the molecule is CCNC(=O)c1ccc(NC(=O)Cc2ccc(S(=O)(=O)CC3CC3)cc2)c(-c2ccccc2Cl)c1C. The third-order valence-electron chi connectivity index (χ3n) is 6.26. The molecular weight excluding hydrogens is 496 g/mol. The van der Waals surface area contributed by atoms with Crippen molar-refractivity contribution in [3.05, 3.63) is 82.4 Å². The molecule has 3 aromatic carbocycles. The van der Waals surface area contributed by atoms with Crippen LogP contribution >= 0.6 is 11.6 Å². The first-order valence-corrected chi connectivity index (χ1v) is 14.0. The normalized spacial score (nSPS) is 13.3. The molecule has 2 amide bonds. The summed E-state index contributed by atoms with van der Waals surface area (Å²) in [5.41, 5.74) is 3.85. The Balaban J connectivity index is 1.58. The van der Waals surface area contributed by atoms with Crippen LogP contribution < -0.4 is 10.6 Å². The molecule has 6 nitrogen and oxygen atoms in total. The Morgan fingerprint density at radius 2 is 1.69 bits per heavy atom. The van der Waals surface area contributed by atoms with Gasteiger partial charge < -0.3 is 10.6 Å². The molecule has 2 N–H and O–H groups in total. The monoisotopic (exact) mass is 524 g/mol. The van der Waals surface area contributed by atoms with Crippen LogP contribution in [0.5, 0.6) is 0 Å². The molecule has 0 bridgehead atoms. The van der Waals surface area contributed by atoms with Gasteiger partial charge >= 0.3 is 0 Å². The standard InChI is InChI=1S/C28H29ClN2O4S/c1-3-30-28(33)22-14-15-25(27(18(22)2)23-6-4-5-7-24(23)29)31-26(32)16-19-10-12-21(13-11-19)36(34,35)17-20-8-9-20/h4-7,10-15,20H,3,8-9,16-17H2,1-2H3,(H,30,33)(H,31,32). The van der Waals surface area contributed by atoms with E-state index in [-0.39, 0.29) is 34.8 Å². The van der Waals surface area contributed by atoms with Crippen LogP contribution in [0.25, 0.3) is 11.1 Å². The Morgan fingerprint density at radius 3 is 2.33 bits per heavy atom. The maximum atomic E-state index is 13.0. The molecule has 0 aromatic heterocycles. The molecule has 1 fully saturated rings. The lowest BCUT2D eigenvalue weighted by Crippen LogP contribution is -2.24. The molecule has 0 aliphatic heterocycles. The predicted molar refractivity (Wildman–Crippen MR) is 143 cm³/mol. The first kappa shape index (κ1) is 25.9. The highest BCUT2D eigenvalue weighted by Gasteiger charge is 2.29. The van der Waals surface area contributed by atoms with Crippen LogP contribution in [0, 0.1) is 12.8 Å². The number of nitrogens with one attached hydrogen (secondary N) is 2. The van der Waals surface area contributed by atoms with E-state index in [1.807, 2.05) is 32.0 Å². The van der Waals surface area contributed by atoms with Crippen molar-refractivity contribution in [3.63, 3.8) is 0 Å². The highest BCUT2D eigenvalue weighted by molar-refractivity contribution is 7.91. The van der Waals surface area contributed by atoms with Crippen LogP contribution in [0.1, 0.15) is 41.3 Å². The fourth-order valence-corrected chi connectivity index (χ4v) is 6.14. The number of rotatable bonds is 9. The van der Waals surface area contributed by atoms with E-state index in [0.717, 1.165) is 12.8 Å². The molecule has 0 heterocycles. The molecule has 1 aliphatic rings. The van der Waals surface area contributed by atoms with Crippen LogP contribution in [0.15, 0.2) is 65.6 Å². The zero-order valence-electron chi connectivity index (χ0n) is 20.3. The fraction of sp³-hybridized carbons (Fsp3) is 0.286. The van der Waals surface area contributed by atoms with Crippen molar-refractivity contribution >= 4 is 38.9 Å². The molecule has 8 heteroatoms. The van der Waals surface area contributed by atoms with Gasteiger partial charge in [-0.1, -0.05) is 41.9 Å². The molecule has 0 radical (unpaired) electrons. The van der Waals surface area contributed by atoms with Gasteiger partial charge in [-0.15, -0.1) is 0 Å². The summed E-state index contributed by atoms with van der Waals surface area (Å²) >= 11 is 6.49. The summed E-state index contributed by atoms with van der Waals surface area (Å²) in [7, 11) is -3.30. The Bertz CT molecular complexity index is 1400. The van der Waals surface area contributed by atoms with E-state index >= 15 is 0 Å². The lowest BCUT2D eigenvalue weighted by Gasteiger charge is -2.18. The van der Waals surface area contributed by atoms with Gasteiger partial charge in [-0.25, -0.2) is 8.42 Å². The second kappa shape index (κ2) is 10.8. The van der Waals surface area contributed by atoms with E-state index in [2.05, 4.69) is 10.6 Å². The predicted octanol–water partition coefficient (Wildman–Crippen LogP) is 5.43. The topological polar surface area (TPSA) is 92.3 Å². The van der Waals surface area contributed by atoms with Crippen molar-refractivity contribution < 1.29 is 18.0 Å². The van der Waals surface area contributed by atoms with Gasteiger partial charge in [0.1, 0.15) is 0 Å². The maximum Gasteiger partial charge on any atom is 0.251 e. The zero-order chi connectivity index (χ0) is 25.9. The molecule has 1 aliphatic carbocycles. The Hall–Kier alpha value is -3.16. The van der Waals surface area contributed by atoms with Crippen molar-refractivity contribution in [2.45, 2.75) is 38.0 Å². The van der Waals surface area contributed by atoms with Gasteiger partial charge in [0.2, 0.25) is 5.91 Å². The molecule has 3 aromatic rings. The number of amides is 2. The van der Waals surface area contributed by atoms with E-state index in [1.54, 1.807) is 42.5 Å². The van der Waals surface area contributed by atoms with Crippen LogP contribution in [0.4, 0.5) is 5.69 Å². The molecule has 0 saturated heterocycles. The molecule has 36 heavy (non-hydrogen) atoms. The number of hydrogen-bond acceptors (Lipinski definition) is 4. The van der Waals surface area contributed by atoms with Crippen LogP contribution in [-0.2, 0) is 21.1 Å². The van der Waals surface area contributed by atoms with Crippen LogP contribution in [0.3, 0.4) is 0 Å². The quantitative estimate of drug-likeness (QED) is 0.390. The van der Waals surface area contributed by atoms with E-state index in [0.29, 0.717) is 45.1 Å². The Morgan fingerprint density at radius 1 is 1.00 bits per heavy atom. The molecule has 0 spiro atoms. The highest BCUT2D eigenvalue weighted by atomic mass is 35.5. The van der Waals surface area contributed by atoms with Crippen LogP contribution in [-0.4, -0.2) is 32.5 Å². The summed E-state index contributed by atoms with van der Waals surface area (Å²) in [4.78, 5) is 25.9. The van der Waals surface area contributed by atoms with Gasteiger partial charge in [-0.2, -0.15) is 0 Å². The third-order valence-corrected chi connectivity index (χ3v) is 8.49. The average molecular weight is 525 g/mol. The first-order chi connectivity index (χ1) is 17.2. The number of carbonyl (C=O) groups excluding carboxylic acids is 2. The van der Waals surface area contributed by atoms with Gasteiger partial charge in [0.25, 0.3) is 5.91 Å². The summed E-state index contributed by atoms with van der Waals surface area (Å²) in [6.45, 7) is 4.18. The lowest BCUT2D eigenvalue weighted by atomic mass is 9.93. The number of halogens is 1. The third kappa shape index (κ3) is 5.97.